The lowest BCUT2D eigenvalue weighted by Gasteiger charge is -2.26. The number of nitrogens with one attached hydrogen (secondary N) is 1. The number of carbonyl (C=O) groups is 2. The molecule has 1 aromatic carbocycles. The summed E-state index contributed by atoms with van der Waals surface area (Å²) < 4.78 is 0. The van der Waals surface area contributed by atoms with Gasteiger partial charge in [-0.3, -0.25) is 14.5 Å². The molecule has 1 amide bonds. The molecule has 1 saturated heterocycles. The second-order valence-electron chi connectivity index (χ2n) is 7.62. The third-order valence-electron chi connectivity index (χ3n) is 5.72. The SMILES string of the molecule is C[C@@H]1CN(CC(=O)NC(c2ccccc2)C2CCCC2)C[C@H]1C(=O)O. The Morgan fingerprint density at radius 1 is 1.20 bits per heavy atom. The predicted octanol–water partition coefficient (Wildman–Crippen LogP) is 2.69. The Labute approximate surface area is 149 Å². The van der Waals surface area contributed by atoms with Crippen molar-refractivity contribution in [3.8, 4) is 0 Å². The summed E-state index contributed by atoms with van der Waals surface area (Å²) in [6.07, 6.45) is 4.77. The maximum absolute atomic E-state index is 12.6. The first-order valence-corrected chi connectivity index (χ1v) is 9.34. The van der Waals surface area contributed by atoms with Crippen LogP contribution in [0.2, 0.25) is 0 Å². The van der Waals surface area contributed by atoms with Gasteiger partial charge < -0.3 is 10.4 Å². The van der Waals surface area contributed by atoms with E-state index in [0.29, 0.717) is 19.0 Å². The van der Waals surface area contributed by atoms with E-state index in [1.165, 1.54) is 18.4 Å². The number of rotatable bonds is 6. The van der Waals surface area contributed by atoms with Crippen LogP contribution in [-0.2, 0) is 9.59 Å². The number of likely N-dealkylation sites (tertiary alicyclic amines) is 1. The second kappa shape index (κ2) is 8.00. The number of amides is 1. The minimum absolute atomic E-state index is 0.000933. The predicted molar refractivity (Wildman–Crippen MR) is 96.0 cm³/mol. The van der Waals surface area contributed by atoms with Gasteiger partial charge in [0, 0.05) is 13.1 Å². The number of carbonyl (C=O) groups excluding carboxylic acids is 1. The van der Waals surface area contributed by atoms with Gasteiger partial charge in [0.15, 0.2) is 0 Å². The van der Waals surface area contributed by atoms with E-state index in [-0.39, 0.29) is 30.3 Å². The van der Waals surface area contributed by atoms with Crippen molar-refractivity contribution >= 4 is 11.9 Å². The fourth-order valence-corrected chi connectivity index (χ4v) is 4.36. The van der Waals surface area contributed by atoms with Crippen molar-refractivity contribution in [1.82, 2.24) is 10.2 Å². The van der Waals surface area contributed by atoms with E-state index < -0.39 is 5.97 Å². The van der Waals surface area contributed by atoms with Crippen LogP contribution in [0.5, 0.6) is 0 Å². The molecular weight excluding hydrogens is 316 g/mol. The highest BCUT2D eigenvalue weighted by atomic mass is 16.4. The van der Waals surface area contributed by atoms with E-state index in [1.807, 2.05) is 30.0 Å². The quantitative estimate of drug-likeness (QED) is 0.832. The molecule has 1 aromatic rings. The molecule has 1 aliphatic heterocycles. The average molecular weight is 344 g/mol. The molecule has 136 valence electrons. The van der Waals surface area contributed by atoms with Crippen LogP contribution in [0, 0.1) is 17.8 Å². The summed E-state index contributed by atoms with van der Waals surface area (Å²) >= 11 is 0. The van der Waals surface area contributed by atoms with Crippen molar-refractivity contribution in [3.05, 3.63) is 35.9 Å². The zero-order chi connectivity index (χ0) is 17.8. The molecule has 2 aliphatic rings. The number of carboxylic acid groups (broad SMARTS) is 1. The Bertz CT molecular complexity index is 598. The van der Waals surface area contributed by atoms with Gasteiger partial charge >= 0.3 is 5.97 Å². The summed E-state index contributed by atoms with van der Waals surface area (Å²) in [7, 11) is 0. The van der Waals surface area contributed by atoms with Crippen LogP contribution < -0.4 is 5.32 Å². The number of hydrogen-bond acceptors (Lipinski definition) is 3. The smallest absolute Gasteiger partial charge is 0.308 e. The van der Waals surface area contributed by atoms with Crippen molar-refractivity contribution in [2.75, 3.05) is 19.6 Å². The maximum atomic E-state index is 12.6. The first kappa shape index (κ1) is 17.9. The van der Waals surface area contributed by atoms with Gasteiger partial charge in [0.05, 0.1) is 18.5 Å². The van der Waals surface area contributed by atoms with Crippen LogP contribution in [0.4, 0.5) is 0 Å². The normalized spacial score (nSPS) is 25.8. The molecule has 25 heavy (non-hydrogen) atoms. The Morgan fingerprint density at radius 3 is 2.48 bits per heavy atom. The van der Waals surface area contributed by atoms with Crippen molar-refractivity contribution in [2.45, 2.75) is 38.6 Å². The number of carboxylic acids is 1. The van der Waals surface area contributed by atoms with Crippen LogP contribution in [0.3, 0.4) is 0 Å². The van der Waals surface area contributed by atoms with Gasteiger partial charge in [-0.25, -0.2) is 0 Å². The minimum Gasteiger partial charge on any atom is -0.481 e. The summed E-state index contributed by atoms with van der Waals surface area (Å²) in [5.41, 5.74) is 1.17. The Balaban J connectivity index is 1.62. The van der Waals surface area contributed by atoms with Crippen LogP contribution in [0.25, 0.3) is 0 Å². The fraction of sp³-hybridized carbons (Fsp3) is 0.600. The van der Waals surface area contributed by atoms with E-state index >= 15 is 0 Å². The number of hydrogen-bond donors (Lipinski definition) is 2. The van der Waals surface area contributed by atoms with Gasteiger partial charge in [0.25, 0.3) is 0 Å². The fourth-order valence-electron chi connectivity index (χ4n) is 4.36. The van der Waals surface area contributed by atoms with Crippen LogP contribution in [-0.4, -0.2) is 41.5 Å². The zero-order valence-electron chi connectivity index (χ0n) is 14.9. The van der Waals surface area contributed by atoms with E-state index in [4.69, 9.17) is 0 Å². The first-order valence-electron chi connectivity index (χ1n) is 9.34. The molecule has 0 aromatic heterocycles. The summed E-state index contributed by atoms with van der Waals surface area (Å²) in [5, 5.41) is 12.5. The van der Waals surface area contributed by atoms with Gasteiger partial charge in [-0.05, 0) is 30.2 Å². The van der Waals surface area contributed by atoms with E-state index in [1.54, 1.807) is 0 Å². The Hall–Kier alpha value is -1.88. The molecule has 0 spiro atoms. The third kappa shape index (κ3) is 4.40. The van der Waals surface area contributed by atoms with Crippen LogP contribution in [0.15, 0.2) is 30.3 Å². The number of benzene rings is 1. The summed E-state index contributed by atoms with van der Waals surface area (Å²) in [6.45, 7) is 3.36. The molecule has 2 fully saturated rings. The van der Waals surface area contributed by atoms with Crippen LogP contribution >= 0.6 is 0 Å². The van der Waals surface area contributed by atoms with Gasteiger partial charge in [-0.2, -0.15) is 0 Å². The molecule has 5 heteroatoms. The molecule has 1 unspecified atom stereocenters. The first-order chi connectivity index (χ1) is 12.0. The highest BCUT2D eigenvalue weighted by Crippen LogP contribution is 2.35. The molecule has 1 aliphatic carbocycles. The van der Waals surface area contributed by atoms with Gasteiger partial charge in [0.2, 0.25) is 5.91 Å². The summed E-state index contributed by atoms with van der Waals surface area (Å²) in [5.74, 6) is -0.546. The van der Waals surface area contributed by atoms with Gasteiger partial charge in [0.1, 0.15) is 0 Å². The highest BCUT2D eigenvalue weighted by molar-refractivity contribution is 5.79. The molecule has 1 heterocycles. The largest absolute Gasteiger partial charge is 0.481 e. The Morgan fingerprint density at radius 2 is 1.88 bits per heavy atom. The van der Waals surface area contributed by atoms with Crippen molar-refractivity contribution in [1.29, 1.82) is 0 Å². The van der Waals surface area contributed by atoms with E-state index in [2.05, 4.69) is 17.4 Å². The van der Waals surface area contributed by atoms with Crippen molar-refractivity contribution in [2.24, 2.45) is 17.8 Å². The standard InChI is InChI=1S/C20H28N2O3/c1-14-11-22(12-17(14)20(24)25)13-18(23)21-19(16-9-5-6-10-16)15-7-3-2-4-8-15/h2-4,7-8,14,16-17,19H,5-6,9-13H2,1H3,(H,21,23)(H,24,25)/t14-,17-,19?/m1/s1. The molecule has 3 rings (SSSR count). The summed E-state index contributed by atoms with van der Waals surface area (Å²) in [4.78, 5) is 25.8. The van der Waals surface area contributed by atoms with Gasteiger partial charge in [-0.15, -0.1) is 0 Å². The van der Waals surface area contributed by atoms with E-state index in [0.717, 1.165) is 12.8 Å². The molecule has 0 radical (unpaired) electrons. The molecule has 2 N–H and O–H groups in total. The average Bonchev–Trinajstić information content (AvgIpc) is 3.23. The van der Waals surface area contributed by atoms with E-state index in [9.17, 15) is 14.7 Å². The number of nitrogens with zero attached hydrogens (tertiary/aromatic N) is 1. The second-order valence-corrected chi connectivity index (χ2v) is 7.62. The highest BCUT2D eigenvalue weighted by Gasteiger charge is 2.36. The zero-order valence-corrected chi connectivity index (χ0v) is 14.9. The molecule has 1 saturated carbocycles. The maximum Gasteiger partial charge on any atom is 0.308 e. The Kier molecular flexibility index (Phi) is 5.74. The molecule has 0 bridgehead atoms. The molecule has 3 atom stereocenters. The topological polar surface area (TPSA) is 69.6 Å². The monoisotopic (exact) mass is 344 g/mol. The van der Waals surface area contributed by atoms with Crippen molar-refractivity contribution < 1.29 is 14.7 Å². The van der Waals surface area contributed by atoms with Crippen molar-refractivity contribution in [3.63, 3.8) is 0 Å². The lowest BCUT2D eigenvalue weighted by atomic mass is 9.91. The number of aliphatic carboxylic acids is 1. The lowest BCUT2D eigenvalue weighted by molar-refractivity contribution is -0.142. The summed E-state index contributed by atoms with van der Waals surface area (Å²) in [6, 6.07) is 10.3. The minimum atomic E-state index is -0.761. The van der Waals surface area contributed by atoms with Crippen LogP contribution in [0.1, 0.15) is 44.2 Å². The molecular formula is C20H28N2O3. The molecule has 5 nitrogen and oxygen atoms in total. The van der Waals surface area contributed by atoms with Gasteiger partial charge in [-0.1, -0.05) is 50.1 Å². The third-order valence-corrected chi connectivity index (χ3v) is 5.72. The lowest BCUT2D eigenvalue weighted by Crippen LogP contribution is -2.40.